The molecule has 7 nitrogen and oxygen atoms in total. The average Bonchev–Trinajstić information content (AvgIpc) is 2.49. The third kappa shape index (κ3) is 3.80. The first-order valence-corrected chi connectivity index (χ1v) is 7.80. The Balaban J connectivity index is 2.17. The molecule has 0 unspecified atom stereocenters. The van der Waals surface area contributed by atoms with Crippen LogP contribution in [0.25, 0.3) is 0 Å². The van der Waals surface area contributed by atoms with Gasteiger partial charge in [-0.2, -0.15) is 13.5 Å². The SMILES string of the molecule is O=[N+]([O-])c1cc(/C=N\NS(=O)(=O)c2ccccc2)ccc1Cl. The maximum Gasteiger partial charge on any atom is 0.288 e. The van der Waals surface area contributed by atoms with E-state index in [1.54, 1.807) is 18.2 Å². The summed E-state index contributed by atoms with van der Waals surface area (Å²) >= 11 is 5.68. The van der Waals surface area contributed by atoms with Gasteiger partial charge in [0.15, 0.2) is 0 Å². The highest BCUT2D eigenvalue weighted by molar-refractivity contribution is 7.89. The molecule has 2 aromatic rings. The molecule has 2 rings (SSSR count). The lowest BCUT2D eigenvalue weighted by Crippen LogP contribution is -2.18. The van der Waals surface area contributed by atoms with Crippen molar-refractivity contribution < 1.29 is 13.3 Å². The number of hydrazone groups is 1. The Hall–Kier alpha value is -2.45. The minimum Gasteiger partial charge on any atom is -0.258 e. The Morgan fingerprint density at radius 3 is 2.50 bits per heavy atom. The zero-order valence-electron chi connectivity index (χ0n) is 11.0. The first-order chi connectivity index (χ1) is 10.4. The second kappa shape index (κ2) is 6.54. The number of nitrogens with one attached hydrogen (secondary N) is 1. The van der Waals surface area contributed by atoms with E-state index in [0.29, 0.717) is 5.56 Å². The van der Waals surface area contributed by atoms with Gasteiger partial charge in [0.25, 0.3) is 15.7 Å². The third-order valence-electron chi connectivity index (χ3n) is 2.61. The number of halogens is 1. The summed E-state index contributed by atoms with van der Waals surface area (Å²) in [6.07, 6.45) is 1.16. The molecule has 0 bridgehead atoms. The minimum atomic E-state index is -3.77. The van der Waals surface area contributed by atoms with Crippen LogP contribution < -0.4 is 4.83 Å². The molecule has 9 heteroatoms. The number of hydrogen-bond donors (Lipinski definition) is 1. The molecule has 0 heterocycles. The molecule has 114 valence electrons. The van der Waals surface area contributed by atoms with Gasteiger partial charge in [0.05, 0.1) is 16.0 Å². The Bertz CT molecular complexity index is 822. The molecule has 0 spiro atoms. The normalized spacial score (nSPS) is 11.5. The van der Waals surface area contributed by atoms with Crippen molar-refractivity contribution in [3.63, 3.8) is 0 Å². The molecule has 0 radical (unpaired) electrons. The van der Waals surface area contributed by atoms with Crippen LogP contribution in [0.5, 0.6) is 0 Å². The number of hydrogen-bond acceptors (Lipinski definition) is 5. The summed E-state index contributed by atoms with van der Waals surface area (Å²) < 4.78 is 23.8. The molecule has 0 fully saturated rings. The predicted molar refractivity (Wildman–Crippen MR) is 82.5 cm³/mol. The van der Waals surface area contributed by atoms with Crippen molar-refractivity contribution in [3.05, 3.63) is 69.2 Å². The highest BCUT2D eigenvalue weighted by Crippen LogP contribution is 2.24. The van der Waals surface area contributed by atoms with E-state index in [9.17, 15) is 18.5 Å². The number of nitro groups is 1. The first kappa shape index (κ1) is 15.9. The van der Waals surface area contributed by atoms with Gasteiger partial charge in [-0.15, -0.1) is 0 Å². The summed E-state index contributed by atoms with van der Waals surface area (Å²) in [7, 11) is -3.77. The Kier molecular flexibility index (Phi) is 4.74. The predicted octanol–water partition coefficient (Wildman–Crippen LogP) is 2.56. The van der Waals surface area contributed by atoms with Crippen molar-refractivity contribution in [2.45, 2.75) is 4.90 Å². The molecule has 0 aliphatic heterocycles. The van der Waals surface area contributed by atoms with Gasteiger partial charge in [-0.3, -0.25) is 10.1 Å². The van der Waals surface area contributed by atoms with E-state index >= 15 is 0 Å². The molecule has 0 amide bonds. The van der Waals surface area contributed by atoms with Crippen molar-refractivity contribution in [1.29, 1.82) is 0 Å². The Morgan fingerprint density at radius 1 is 1.18 bits per heavy atom. The molecule has 1 N–H and O–H groups in total. The van der Waals surface area contributed by atoms with Gasteiger partial charge in [-0.1, -0.05) is 35.9 Å². The van der Waals surface area contributed by atoms with Crippen LogP contribution in [0.2, 0.25) is 5.02 Å². The molecular formula is C13H10ClN3O4S. The second-order valence-electron chi connectivity index (χ2n) is 4.13. The third-order valence-corrected chi connectivity index (χ3v) is 4.17. The first-order valence-electron chi connectivity index (χ1n) is 5.94. The largest absolute Gasteiger partial charge is 0.288 e. The highest BCUT2D eigenvalue weighted by Gasteiger charge is 2.13. The van der Waals surface area contributed by atoms with Crippen LogP contribution in [0.4, 0.5) is 5.69 Å². The topological polar surface area (TPSA) is 102 Å². The van der Waals surface area contributed by atoms with Crippen molar-refractivity contribution in [3.8, 4) is 0 Å². The van der Waals surface area contributed by atoms with Crippen molar-refractivity contribution in [2.24, 2.45) is 5.10 Å². The molecule has 0 saturated heterocycles. The monoisotopic (exact) mass is 339 g/mol. The molecule has 0 aliphatic rings. The van der Waals surface area contributed by atoms with E-state index in [1.165, 1.54) is 30.3 Å². The molecule has 2 aromatic carbocycles. The summed E-state index contributed by atoms with van der Waals surface area (Å²) in [5.41, 5.74) is 0.0587. The smallest absolute Gasteiger partial charge is 0.258 e. The summed E-state index contributed by atoms with van der Waals surface area (Å²) in [5.74, 6) is 0. The lowest BCUT2D eigenvalue weighted by Gasteiger charge is -2.02. The van der Waals surface area contributed by atoms with Gasteiger partial charge >= 0.3 is 0 Å². The number of benzene rings is 2. The molecule has 0 aromatic heterocycles. The van der Waals surface area contributed by atoms with Crippen molar-refractivity contribution in [1.82, 2.24) is 4.83 Å². The van der Waals surface area contributed by atoms with E-state index in [4.69, 9.17) is 11.6 Å². The fourth-order valence-electron chi connectivity index (χ4n) is 1.57. The number of sulfonamides is 1. The average molecular weight is 340 g/mol. The van der Waals surface area contributed by atoms with Crippen molar-refractivity contribution >= 4 is 33.5 Å². The van der Waals surface area contributed by atoms with E-state index < -0.39 is 14.9 Å². The van der Waals surface area contributed by atoms with Crippen LogP contribution in [-0.2, 0) is 10.0 Å². The van der Waals surface area contributed by atoms with Gasteiger partial charge in [-0.25, -0.2) is 4.83 Å². The molecule has 0 aliphatic carbocycles. The Labute approximate surface area is 131 Å². The van der Waals surface area contributed by atoms with Crippen LogP contribution >= 0.6 is 11.6 Å². The zero-order chi connectivity index (χ0) is 16.2. The molecule has 0 atom stereocenters. The van der Waals surface area contributed by atoms with Gasteiger partial charge < -0.3 is 0 Å². The molecule has 0 saturated carbocycles. The van der Waals surface area contributed by atoms with Gasteiger partial charge in [-0.05, 0) is 18.2 Å². The lowest BCUT2D eigenvalue weighted by molar-refractivity contribution is -0.384. The minimum absolute atomic E-state index is 0.00739. The summed E-state index contributed by atoms with van der Waals surface area (Å²) in [6, 6.07) is 11.7. The summed E-state index contributed by atoms with van der Waals surface area (Å²) in [4.78, 5) is 12.2. The summed E-state index contributed by atoms with van der Waals surface area (Å²) in [5, 5.41) is 14.3. The standard InChI is InChI=1S/C13H10ClN3O4S/c14-12-7-6-10(8-13(12)17(18)19)9-15-16-22(20,21)11-4-2-1-3-5-11/h1-9,16H/b15-9-. The van der Waals surface area contributed by atoms with E-state index in [2.05, 4.69) is 5.10 Å². The quantitative estimate of drug-likeness (QED) is 0.513. The Morgan fingerprint density at radius 2 is 1.86 bits per heavy atom. The maximum absolute atomic E-state index is 11.9. The van der Waals surface area contributed by atoms with E-state index in [-0.39, 0.29) is 15.6 Å². The van der Waals surface area contributed by atoms with Crippen LogP contribution in [0.3, 0.4) is 0 Å². The van der Waals surface area contributed by atoms with E-state index in [0.717, 1.165) is 6.21 Å². The maximum atomic E-state index is 11.9. The summed E-state index contributed by atoms with van der Waals surface area (Å²) in [6.45, 7) is 0. The fourth-order valence-corrected chi connectivity index (χ4v) is 2.57. The van der Waals surface area contributed by atoms with Crippen LogP contribution in [0.15, 0.2) is 58.5 Å². The second-order valence-corrected chi connectivity index (χ2v) is 6.20. The number of nitrogens with zero attached hydrogens (tertiary/aromatic N) is 2. The van der Waals surface area contributed by atoms with Gasteiger partial charge in [0.1, 0.15) is 5.02 Å². The van der Waals surface area contributed by atoms with Crippen LogP contribution in [0.1, 0.15) is 5.56 Å². The highest BCUT2D eigenvalue weighted by atomic mass is 35.5. The molecule has 22 heavy (non-hydrogen) atoms. The van der Waals surface area contributed by atoms with E-state index in [1.807, 2.05) is 4.83 Å². The number of nitro benzene ring substituents is 1. The van der Waals surface area contributed by atoms with Crippen molar-refractivity contribution in [2.75, 3.05) is 0 Å². The van der Waals surface area contributed by atoms with Crippen LogP contribution in [0, 0.1) is 10.1 Å². The lowest BCUT2D eigenvalue weighted by atomic mass is 10.2. The van der Waals surface area contributed by atoms with Gasteiger partial charge in [0.2, 0.25) is 0 Å². The fraction of sp³-hybridized carbons (Fsp3) is 0. The van der Waals surface area contributed by atoms with Crippen LogP contribution in [-0.4, -0.2) is 19.6 Å². The zero-order valence-corrected chi connectivity index (χ0v) is 12.6. The molecular weight excluding hydrogens is 330 g/mol. The number of rotatable bonds is 5. The van der Waals surface area contributed by atoms with Gasteiger partial charge in [0, 0.05) is 11.6 Å².